The number of amides is 1. The Hall–Kier alpha value is -1.84. The molecule has 2 aromatic rings. The number of thiazole rings is 1. The zero-order valence-corrected chi connectivity index (χ0v) is 15.8. The fraction of sp³-hybridized carbons (Fsp3) is 0.286. The van der Waals surface area contributed by atoms with Crippen LogP contribution in [-0.2, 0) is 10.0 Å². The van der Waals surface area contributed by atoms with Crippen LogP contribution in [0.2, 0.25) is 5.02 Å². The topological polar surface area (TPSA) is 88.6 Å². The van der Waals surface area contributed by atoms with Gasteiger partial charge in [-0.1, -0.05) is 22.9 Å². The number of sulfonamides is 1. The number of hydrogen-bond acceptors (Lipinski definition) is 6. The van der Waals surface area contributed by atoms with Crippen LogP contribution in [0.5, 0.6) is 5.75 Å². The molecule has 0 atom stereocenters. The van der Waals surface area contributed by atoms with Gasteiger partial charge >= 0.3 is 0 Å². The lowest BCUT2D eigenvalue weighted by molar-refractivity contribution is 0.0831. The van der Waals surface area contributed by atoms with Crippen molar-refractivity contribution in [2.24, 2.45) is 0 Å². The maximum Gasteiger partial charge on any atom is 0.267 e. The Labute approximate surface area is 149 Å². The van der Waals surface area contributed by atoms with Crippen molar-refractivity contribution in [1.29, 1.82) is 0 Å². The predicted molar refractivity (Wildman–Crippen MR) is 93.7 cm³/mol. The van der Waals surface area contributed by atoms with Crippen molar-refractivity contribution in [1.82, 2.24) is 9.88 Å². The summed E-state index contributed by atoms with van der Waals surface area (Å²) in [6, 6.07) is 4.28. The second-order valence-corrected chi connectivity index (χ2v) is 8.12. The monoisotopic (exact) mass is 389 g/mol. The summed E-state index contributed by atoms with van der Waals surface area (Å²) in [4.78, 5) is 17.8. The fourth-order valence-corrected chi connectivity index (χ4v) is 4.53. The predicted octanol–water partition coefficient (Wildman–Crippen LogP) is 2.62. The first-order chi connectivity index (χ1) is 11.2. The third-order valence-corrected chi connectivity index (χ3v) is 5.82. The first kappa shape index (κ1) is 18.5. The number of carbonyl (C=O) groups is 1. The number of nitrogens with zero attached hydrogens (tertiary/aromatic N) is 2. The Morgan fingerprint density at radius 3 is 2.62 bits per heavy atom. The first-order valence-electron chi connectivity index (χ1n) is 6.71. The fourth-order valence-electron chi connectivity index (χ4n) is 1.87. The lowest BCUT2D eigenvalue weighted by atomic mass is 10.3. The van der Waals surface area contributed by atoms with Gasteiger partial charge in [0.25, 0.3) is 15.9 Å². The van der Waals surface area contributed by atoms with E-state index < -0.39 is 10.0 Å². The maximum atomic E-state index is 12.6. The molecule has 0 spiro atoms. The number of ether oxygens (including phenoxy) is 1. The zero-order chi connectivity index (χ0) is 18.1. The van der Waals surface area contributed by atoms with E-state index in [4.69, 9.17) is 16.3 Å². The van der Waals surface area contributed by atoms with Crippen LogP contribution < -0.4 is 9.46 Å². The zero-order valence-electron chi connectivity index (χ0n) is 13.5. The summed E-state index contributed by atoms with van der Waals surface area (Å²) in [5.74, 6) is -0.0828. The summed E-state index contributed by atoms with van der Waals surface area (Å²) in [5, 5.41) is 0.356. The smallest absolute Gasteiger partial charge is 0.267 e. The molecule has 130 valence electrons. The Morgan fingerprint density at radius 2 is 2.04 bits per heavy atom. The van der Waals surface area contributed by atoms with E-state index in [-0.39, 0.29) is 26.7 Å². The standard InChI is InChI=1S/C14H16ClN3O4S2/c1-8-12(13(19)18(2)3)23-14(16-8)17-24(20,21)11-7-9(15)5-6-10(11)22-4/h5-7H,1-4H3,(H,16,17). The summed E-state index contributed by atoms with van der Waals surface area (Å²) in [7, 11) is 0.627. The van der Waals surface area contributed by atoms with E-state index in [0.29, 0.717) is 10.6 Å². The van der Waals surface area contributed by atoms with Crippen molar-refractivity contribution in [2.45, 2.75) is 11.8 Å². The van der Waals surface area contributed by atoms with Gasteiger partial charge in [-0.25, -0.2) is 13.4 Å². The van der Waals surface area contributed by atoms with Crippen molar-refractivity contribution in [3.05, 3.63) is 33.8 Å². The number of aryl methyl sites for hydroxylation is 1. The molecule has 0 bridgehead atoms. The van der Waals surface area contributed by atoms with E-state index in [0.717, 1.165) is 11.3 Å². The van der Waals surface area contributed by atoms with Crippen molar-refractivity contribution in [3.8, 4) is 5.75 Å². The van der Waals surface area contributed by atoms with Gasteiger partial charge in [-0.3, -0.25) is 9.52 Å². The van der Waals surface area contributed by atoms with E-state index in [2.05, 4.69) is 9.71 Å². The van der Waals surface area contributed by atoms with Gasteiger partial charge in [0.1, 0.15) is 15.5 Å². The molecular weight excluding hydrogens is 374 g/mol. The number of halogens is 1. The van der Waals surface area contributed by atoms with Crippen LogP contribution in [0.4, 0.5) is 5.13 Å². The summed E-state index contributed by atoms with van der Waals surface area (Å²) >= 11 is 6.85. The van der Waals surface area contributed by atoms with Crippen LogP contribution in [0.3, 0.4) is 0 Å². The third-order valence-electron chi connectivity index (χ3n) is 3.03. The van der Waals surface area contributed by atoms with Gasteiger partial charge in [0.05, 0.1) is 12.8 Å². The maximum absolute atomic E-state index is 12.6. The molecule has 0 radical (unpaired) electrons. The Bertz CT molecular complexity index is 878. The number of carbonyl (C=O) groups excluding carboxylic acids is 1. The molecule has 0 saturated carbocycles. The average molecular weight is 390 g/mol. The number of rotatable bonds is 5. The highest BCUT2D eigenvalue weighted by molar-refractivity contribution is 7.93. The van der Waals surface area contributed by atoms with Gasteiger partial charge in [-0.2, -0.15) is 0 Å². The number of benzene rings is 1. The average Bonchev–Trinajstić information content (AvgIpc) is 2.85. The molecule has 2 rings (SSSR count). The van der Waals surface area contributed by atoms with E-state index in [9.17, 15) is 13.2 Å². The third kappa shape index (κ3) is 3.80. The lowest BCUT2D eigenvalue weighted by Crippen LogP contribution is -2.21. The number of aromatic nitrogens is 1. The van der Waals surface area contributed by atoms with E-state index in [1.54, 1.807) is 21.0 Å². The Balaban J connectivity index is 2.39. The Morgan fingerprint density at radius 1 is 1.38 bits per heavy atom. The van der Waals surface area contributed by atoms with E-state index in [1.165, 1.54) is 30.2 Å². The number of anilines is 1. The highest BCUT2D eigenvalue weighted by atomic mass is 35.5. The minimum absolute atomic E-state index is 0.0970. The van der Waals surface area contributed by atoms with Crippen LogP contribution >= 0.6 is 22.9 Å². The molecule has 10 heteroatoms. The molecule has 1 heterocycles. The molecule has 0 aliphatic rings. The van der Waals surface area contributed by atoms with E-state index >= 15 is 0 Å². The SMILES string of the molecule is COc1ccc(Cl)cc1S(=O)(=O)Nc1nc(C)c(C(=O)N(C)C)s1. The molecule has 0 unspecified atom stereocenters. The quantitative estimate of drug-likeness (QED) is 0.849. The van der Waals surface area contributed by atoms with Crippen molar-refractivity contribution >= 4 is 44.0 Å². The van der Waals surface area contributed by atoms with Crippen LogP contribution in [0.1, 0.15) is 15.4 Å². The van der Waals surface area contributed by atoms with Gasteiger partial charge in [0.2, 0.25) is 0 Å². The molecule has 1 aromatic heterocycles. The first-order valence-corrected chi connectivity index (χ1v) is 9.39. The van der Waals surface area contributed by atoms with Gasteiger partial charge in [-0.15, -0.1) is 0 Å². The summed E-state index contributed by atoms with van der Waals surface area (Å²) in [6.07, 6.45) is 0. The summed E-state index contributed by atoms with van der Waals surface area (Å²) in [6.45, 7) is 1.64. The van der Waals surface area contributed by atoms with Crippen molar-refractivity contribution < 1.29 is 17.9 Å². The molecule has 7 nitrogen and oxygen atoms in total. The molecule has 0 aliphatic carbocycles. The minimum Gasteiger partial charge on any atom is -0.495 e. The number of methoxy groups -OCH3 is 1. The van der Waals surface area contributed by atoms with E-state index in [1.807, 2.05) is 0 Å². The molecule has 0 fully saturated rings. The highest BCUT2D eigenvalue weighted by Crippen LogP contribution is 2.31. The van der Waals surface area contributed by atoms with Gasteiger partial charge in [0.15, 0.2) is 5.13 Å². The molecular formula is C14H16ClN3O4S2. The summed E-state index contributed by atoms with van der Waals surface area (Å²) < 4.78 is 32.6. The summed E-state index contributed by atoms with van der Waals surface area (Å²) in [5.41, 5.74) is 0.453. The van der Waals surface area contributed by atoms with Gasteiger partial charge < -0.3 is 9.64 Å². The number of hydrogen-bond donors (Lipinski definition) is 1. The molecule has 1 amide bonds. The molecule has 0 saturated heterocycles. The minimum atomic E-state index is -3.96. The second kappa shape index (κ2) is 6.96. The lowest BCUT2D eigenvalue weighted by Gasteiger charge is -2.10. The van der Waals surface area contributed by atoms with Crippen molar-refractivity contribution in [3.63, 3.8) is 0 Å². The van der Waals surface area contributed by atoms with Crippen molar-refractivity contribution in [2.75, 3.05) is 25.9 Å². The van der Waals surface area contributed by atoms with Gasteiger partial charge in [-0.05, 0) is 25.1 Å². The second-order valence-electron chi connectivity index (χ2n) is 5.03. The largest absolute Gasteiger partial charge is 0.495 e. The van der Waals surface area contributed by atoms with Crippen LogP contribution in [0.25, 0.3) is 0 Å². The molecule has 1 aromatic carbocycles. The number of nitrogens with one attached hydrogen (secondary N) is 1. The van der Waals surface area contributed by atoms with Crippen LogP contribution in [0.15, 0.2) is 23.1 Å². The van der Waals surface area contributed by atoms with Crippen LogP contribution in [0, 0.1) is 6.92 Å². The van der Waals surface area contributed by atoms with Gasteiger partial charge in [0, 0.05) is 19.1 Å². The Kier molecular flexibility index (Phi) is 5.36. The highest BCUT2D eigenvalue weighted by Gasteiger charge is 2.24. The normalized spacial score (nSPS) is 11.2. The van der Waals surface area contributed by atoms with Crippen LogP contribution in [-0.4, -0.2) is 45.4 Å². The molecule has 0 aliphatic heterocycles. The molecule has 24 heavy (non-hydrogen) atoms. The molecule has 1 N–H and O–H groups in total.